The standard InChI is InChI=1S/C24H26N6OS/c1-31-22-12-6-5-11-21(22)28-13-15-29(16-14-28)23(19-8-3-2-4-9-19)24-25-26-27-30(24)18-20-10-7-17-32-20/h2-12,17,23H,13-16,18H2,1H3/t23-/m0/s1. The van der Waals surface area contributed by atoms with Gasteiger partial charge in [-0.05, 0) is 39.6 Å². The van der Waals surface area contributed by atoms with Gasteiger partial charge in [-0.2, -0.15) is 0 Å². The first-order valence-electron chi connectivity index (χ1n) is 10.8. The van der Waals surface area contributed by atoms with Crippen molar-refractivity contribution in [2.75, 3.05) is 38.2 Å². The van der Waals surface area contributed by atoms with Gasteiger partial charge in [0.25, 0.3) is 0 Å². The Morgan fingerprint density at radius 1 is 0.938 bits per heavy atom. The second kappa shape index (κ2) is 9.50. The summed E-state index contributed by atoms with van der Waals surface area (Å²) in [5.74, 6) is 1.80. The lowest BCUT2D eigenvalue weighted by atomic mass is 10.0. The number of methoxy groups -OCH3 is 1. The third-order valence-corrected chi connectivity index (χ3v) is 6.77. The van der Waals surface area contributed by atoms with Crippen LogP contribution < -0.4 is 9.64 Å². The lowest BCUT2D eigenvalue weighted by molar-refractivity contribution is 0.201. The van der Waals surface area contributed by atoms with Crippen molar-refractivity contribution in [2.45, 2.75) is 12.6 Å². The van der Waals surface area contributed by atoms with Crippen LogP contribution >= 0.6 is 11.3 Å². The number of nitrogens with zero attached hydrogens (tertiary/aromatic N) is 6. The summed E-state index contributed by atoms with van der Waals surface area (Å²) in [6.07, 6.45) is 0. The Balaban J connectivity index is 1.41. The minimum Gasteiger partial charge on any atom is -0.495 e. The lowest BCUT2D eigenvalue weighted by Gasteiger charge is -2.40. The van der Waals surface area contributed by atoms with Gasteiger partial charge in [0.2, 0.25) is 0 Å². The molecule has 7 nitrogen and oxygen atoms in total. The number of ether oxygens (including phenoxy) is 1. The SMILES string of the molecule is COc1ccccc1N1CCN([C@@H](c2ccccc2)c2nnnn2Cc2cccs2)CC1. The van der Waals surface area contributed by atoms with Crippen LogP contribution in [0.5, 0.6) is 5.75 Å². The van der Waals surface area contributed by atoms with Crippen molar-refractivity contribution >= 4 is 17.0 Å². The van der Waals surface area contributed by atoms with Crippen molar-refractivity contribution in [3.05, 3.63) is 88.4 Å². The number of anilines is 1. The van der Waals surface area contributed by atoms with Crippen LogP contribution in [0.3, 0.4) is 0 Å². The highest BCUT2D eigenvalue weighted by Crippen LogP contribution is 2.32. The first-order chi connectivity index (χ1) is 15.8. The van der Waals surface area contributed by atoms with Gasteiger partial charge < -0.3 is 9.64 Å². The van der Waals surface area contributed by atoms with Gasteiger partial charge >= 0.3 is 0 Å². The highest BCUT2D eigenvalue weighted by molar-refractivity contribution is 7.09. The number of aromatic nitrogens is 4. The normalized spacial score (nSPS) is 15.6. The number of thiophene rings is 1. The van der Waals surface area contributed by atoms with Gasteiger partial charge in [-0.25, -0.2) is 4.68 Å². The van der Waals surface area contributed by atoms with Crippen LogP contribution in [0, 0.1) is 0 Å². The molecule has 1 aliphatic heterocycles. The van der Waals surface area contributed by atoms with E-state index in [0.29, 0.717) is 6.54 Å². The summed E-state index contributed by atoms with van der Waals surface area (Å²) in [4.78, 5) is 6.12. The molecule has 1 fully saturated rings. The predicted octanol–water partition coefficient (Wildman–Crippen LogP) is 3.70. The summed E-state index contributed by atoms with van der Waals surface area (Å²) in [6.45, 7) is 4.32. The number of benzene rings is 2. The van der Waals surface area contributed by atoms with Gasteiger partial charge in [0.15, 0.2) is 5.82 Å². The Morgan fingerprint density at radius 3 is 2.47 bits per heavy atom. The summed E-state index contributed by atoms with van der Waals surface area (Å²) in [6, 6.07) is 23.0. The molecule has 0 radical (unpaired) electrons. The first-order valence-corrected chi connectivity index (χ1v) is 11.7. The fraction of sp³-hybridized carbons (Fsp3) is 0.292. The van der Waals surface area contributed by atoms with Crippen molar-refractivity contribution in [2.24, 2.45) is 0 Å². The maximum Gasteiger partial charge on any atom is 0.173 e. The van der Waals surface area contributed by atoms with Gasteiger partial charge in [0, 0.05) is 31.1 Å². The van der Waals surface area contributed by atoms with E-state index in [2.05, 4.69) is 85.3 Å². The van der Waals surface area contributed by atoms with Gasteiger partial charge in [-0.15, -0.1) is 16.4 Å². The van der Waals surface area contributed by atoms with Crippen LogP contribution in [-0.4, -0.2) is 58.4 Å². The van der Waals surface area contributed by atoms with Crippen molar-refractivity contribution < 1.29 is 4.74 Å². The molecule has 5 rings (SSSR count). The zero-order chi connectivity index (χ0) is 21.8. The van der Waals surface area contributed by atoms with Crippen molar-refractivity contribution in [1.29, 1.82) is 0 Å². The van der Waals surface area contributed by atoms with E-state index in [-0.39, 0.29) is 6.04 Å². The lowest BCUT2D eigenvalue weighted by Crippen LogP contribution is -2.48. The largest absolute Gasteiger partial charge is 0.495 e. The van der Waals surface area contributed by atoms with Crippen LogP contribution in [0.4, 0.5) is 5.69 Å². The van der Waals surface area contributed by atoms with Crippen LogP contribution in [0.1, 0.15) is 22.3 Å². The smallest absolute Gasteiger partial charge is 0.173 e. The van der Waals surface area contributed by atoms with E-state index in [1.165, 1.54) is 10.4 Å². The van der Waals surface area contributed by atoms with E-state index in [9.17, 15) is 0 Å². The van der Waals surface area contributed by atoms with Crippen LogP contribution in [-0.2, 0) is 6.54 Å². The number of hydrogen-bond donors (Lipinski definition) is 0. The molecular formula is C24H26N6OS. The molecule has 4 aromatic rings. The monoisotopic (exact) mass is 446 g/mol. The fourth-order valence-electron chi connectivity index (χ4n) is 4.34. The molecule has 0 amide bonds. The summed E-state index contributed by atoms with van der Waals surface area (Å²) in [5, 5.41) is 14.9. The molecule has 0 bridgehead atoms. The van der Waals surface area contributed by atoms with Gasteiger partial charge in [-0.3, -0.25) is 4.90 Å². The minimum absolute atomic E-state index is 0.00554. The zero-order valence-electron chi connectivity index (χ0n) is 18.0. The predicted molar refractivity (Wildman–Crippen MR) is 126 cm³/mol. The Bertz CT molecular complexity index is 1120. The van der Waals surface area contributed by atoms with Gasteiger partial charge in [-0.1, -0.05) is 48.5 Å². The van der Waals surface area contributed by atoms with E-state index in [1.54, 1.807) is 18.4 Å². The van der Waals surface area contributed by atoms with Crippen LogP contribution in [0.15, 0.2) is 72.1 Å². The molecule has 1 saturated heterocycles. The van der Waals surface area contributed by atoms with Crippen LogP contribution in [0.25, 0.3) is 0 Å². The topological polar surface area (TPSA) is 59.3 Å². The van der Waals surface area contributed by atoms with Gasteiger partial charge in [0.1, 0.15) is 5.75 Å². The molecule has 0 N–H and O–H groups in total. The van der Waals surface area contributed by atoms with Crippen LogP contribution in [0.2, 0.25) is 0 Å². The highest BCUT2D eigenvalue weighted by atomic mass is 32.1. The average Bonchev–Trinajstić information content (AvgIpc) is 3.53. The molecule has 8 heteroatoms. The molecular weight excluding hydrogens is 420 g/mol. The molecule has 1 atom stereocenters. The molecule has 32 heavy (non-hydrogen) atoms. The Hall–Kier alpha value is -3.23. The maximum absolute atomic E-state index is 5.58. The molecule has 0 unspecified atom stereocenters. The maximum atomic E-state index is 5.58. The molecule has 2 aromatic carbocycles. The molecule has 164 valence electrons. The van der Waals surface area contributed by atoms with E-state index in [4.69, 9.17) is 4.74 Å². The number of para-hydroxylation sites is 2. The van der Waals surface area contributed by atoms with E-state index < -0.39 is 0 Å². The second-order valence-electron chi connectivity index (χ2n) is 7.78. The number of rotatable bonds is 7. The first kappa shape index (κ1) is 20.7. The highest BCUT2D eigenvalue weighted by Gasteiger charge is 2.31. The zero-order valence-corrected chi connectivity index (χ0v) is 18.9. The van der Waals surface area contributed by atoms with E-state index in [0.717, 1.165) is 43.4 Å². The Kier molecular flexibility index (Phi) is 6.13. The molecule has 3 heterocycles. The summed E-state index contributed by atoms with van der Waals surface area (Å²) >= 11 is 1.73. The quantitative estimate of drug-likeness (QED) is 0.431. The molecule has 0 spiro atoms. The minimum atomic E-state index is 0.00554. The van der Waals surface area contributed by atoms with Crippen molar-refractivity contribution in [3.8, 4) is 5.75 Å². The average molecular weight is 447 g/mol. The third kappa shape index (κ3) is 4.24. The number of hydrogen-bond acceptors (Lipinski definition) is 7. The second-order valence-corrected chi connectivity index (χ2v) is 8.81. The molecule has 0 saturated carbocycles. The molecule has 2 aromatic heterocycles. The Morgan fingerprint density at radius 2 is 1.72 bits per heavy atom. The fourth-order valence-corrected chi connectivity index (χ4v) is 5.03. The third-order valence-electron chi connectivity index (χ3n) is 5.91. The number of piperazine rings is 1. The summed E-state index contributed by atoms with van der Waals surface area (Å²) < 4.78 is 7.52. The van der Waals surface area contributed by atoms with E-state index in [1.807, 2.05) is 16.8 Å². The molecule has 1 aliphatic rings. The number of tetrazole rings is 1. The Labute approximate surface area is 191 Å². The van der Waals surface area contributed by atoms with Gasteiger partial charge in [0.05, 0.1) is 25.4 Å². The molecule has 0 aliphatic carbocycles. The van der Waals surface area contributed by atoms with Crippen molar-refractivity contribution in [1.82, 2.24) is 25.1 Å². The van der Waals surface area contributed by atoms with E-state index >= 15 is 0 Å². The summed E-state index contributed by atoms with van der Waals surface area (Å²) in [7, 11) is 1.73. The summed E-state index contributed by atoms with van der Waals surface area (Å²) in [5.41, 5.74) is 2.36. The van der Waals surface area contributed by atoms with Crippen molar-refractivity contribution in [3.63, 3.8) is 0 Å².